The maximum atomic E-state index is 12.2. The number of nitrogens with zero attached hydrogens (tertiary/aromatic N) is 4. The first-order valence-corrected chi connectivity index (χ1v) is 7.97. The number of hydrogen-bond acceptors (Lipinski definition) is 7. The Morgan fingerprint density at radius 1 is 1.32 bits per heavy atom. The van der Waals surface area contributed by atoms with E-state index in [1.807, 2.05) is 0 Å². The van der Waals surface area contributed by atoms with Crippen molar-refractivity contribution in [1.82, 2.24) is 24.9 Å². The van der Waals surface area contributed by atoms with Crippen LogP contribution in [0.5, 0.6) is 5.75 Å². The van der Waals surface area contributed by atoms with Crippen molar-refractivity contribution in [2.45, 2.75) is 11.3 Å². The second-order valence-electron chi connectivity index (χ2n) is 4.33. The molecule has 0 fully saturated rings. The predicted octanol–water partition coefficient (Wildman–Crippen LogP) is -0.0143. The SMILES string of the molecule is COCCCNS(=O)(=O)c1ccc(-n2cnnn2)c(OC)c1. The van der Waals surface area contributed by atoms with Gasteiger partial charge in [0.1, 0.15) is 17.8 Å². The van der Waals surface area contributed by atoms with Crippen molar-refractivity contribution >= 4 is 10.0 Å². The molecule has 0 saturated carbocycles. The fraction of sp³-hybridized carbons (Fsp3) is 0.417. The third kappa shape index (κ3) is 3.78. The van der Waals surface area contributed by atoms with Crippen molar-refractivity contribution < 1.29 is 17.9 Å². The molecule has 2 rings (SSSR count). The molecular weight excluding hydrogens is 310 g/mol. The predicted molar refractivity (Wildman–Crippen MR) is 77.4 cm³/mol. The van der Waals surface area contributed by atoms with Crippen molar-refractivity contribution in [3.8, 4) is 11.4 Å². The normalized spacial score (nSPS) is 11.5. The van der Waals surface area contributed by atoms with Crippen LogP contribution in [0.2, 0.25) is 0 Å². The maximum Gasteiger partial charge on any atom is 0.240 e. The van der Waals surface area contributed by atoms with Crippen LogP contribution in [0, 0.1) is 0 Å². The Bertz CT molecular complexity index is 702. The average molecular weight is 327 g/mol. The summed E-state index contributed by atoms with van der Waals surface area (Å²) >= 11 is 0. The smallest absolute Gasteiger partial charge is 0.240 e. The van der Waals surface area contributed by atoms with Gasteiger partial charge < -0.3 is 9.47 Å². The summed E-state index contributed by atoms with van der Waals surface area (Å²) in [7, 11) is -0.589. The molecule has 1 aromatic carbocycles. The zero-order valence-electron chi connectivity index (χ0n) is 12.3. The number of methoxy groups -OCH3 is 2. The van der Waals surface area contributed by atoms with Gasteiger partial charge in [-0.05, 0) is 29.0 Å². The Morgan fingerprint density at radius 2 is 2.14 bits per heavy atom. The van der Waals surface area contributed by atoms with E-state index in [0.717, 1.165) is 0 Å². The van der Waals surface area contributed by atoms with Gasteiger partial charge in [0.25, 0.3) is 0 Å². The Labute approximate surface area is 128 Å². The molecule has 0 saturated heterocycles. The minimum Gasteiger partial charge on any atom is -0.494 e. The number of rotatable bonds is 8. The molecule has 1 N–H and O–H groups in total. The van der Waals surface area contributed by atoms with E-state index < -0.39 is 10.0 Å². The molecule has 0 aliphatic carbocycles. The lowest BCUT2D eigenvalue weighted by Gasteiger charge is -2.11. The fourth-order valence-corrected chi connectivity index (χ4v) is 2.88. The molecule has 9 nitrogen and oxygen atoms in total. The van der Waals surface area contributed by atoms with Crippen LogP contribution in [-0.4, -0.2) is 56.0 Å². The Balaban J connectivity index is 2.22. The largest absolute Gasteiger partial charge is 0.494 e. The van der Waals surface area contributed by atoms with Crippen LogP contribution in [0.1, 0.15) is 6.42 Å². The highest BCUT2D eigenvalue weighted by atomic mass is 32.2. The lowest BCUT2D eigenvalue weighted by Crippen LogP contribution is -2.25. The number of benzene rings is 1. The van der Waals surface area contributed by atoms with E-state index in [0.29, 0.717) is 31.0 Å². The highest BCUT2D eigenvalue weighted by Gasteiger charge is 2.17. The van der Waals surface area contributed by atoms with Crippen LogP contribution in [0.4, 0.5) is 0 Å². The second kappa shape index (κ2) is 7.29. The monoisotopic (exact) mass is 327 g/mol. The van der Waals surface area contributed by atoms with E-state index in [2.05, 4.69) is 20.2 Å². The second-order valence-corrected chi connectivity index (χ2v) is 6.10. The Hall–Kier alpha value is -2.04. The third-order valence-corrected chi connectivity index (χ3v) is 4.33. The molecule has 0 aliphatic rings. The number of aromatic nitrogens is 4. The summed E-state index contributed by atoms with van der Waals surface area (Å²) in [5, 5.41) is 10.8. The summed E-state index contributed by atoms with van der Waals surface area (Å²) in [4.78, 5) is 0.110. The molecule has 0 bridgehead atoms. The molecule has 22 heavy (non-hydrogen) atoms. The highest BCUT2D eigenvalue weighted by molar-refractivity contribution is 7.89. The minimum absolute atomic E-state index is 0.110. The molecular formula is C12H17N5O4S. The molecule has 1 aromatic heterocycles. The maximum absolute atomic E-state index is 12.2. The van der Waals surface area contributed by atoms with Crippen LogP contribution in [0.3, 0.4) is 0 Å². The van der Waals surface area contributed by atoms with Crippen molar-refractivity contribution in [1.29, 1.82) is 0 Å². The summed E-state index contributed by atoms with van der Waals surface area (Å²) in [5.41, 5.74) is 0.547. The van der Waals surface area contributed by atoms with Gasteiger partial charge >= 0.3 is 0 Å². The standard InChI is InChI=1S/C12H17N5O4S/c1-20-7-3-6-14-22(18,19)10-4-5-11(12(8-10)21-2)17-9-13-15-16-17/h4-5,8-9,14H,3,6-7H2,1-2H3. The lowest BCUT2D eigenvalue weighted by atomic mass is 10.3. The van der Waals surface area contributed by atoms with E-state index in [9.17, 15) is 8.42 Å². The fourth-order valence-electron chi connectivity index (χ4n) is 1.79. The number of hydrogen-bond donors (Lipinski definition) is 1. The highest BCUT2D eigenvalue weighted by Crippen LogP contribution is 2.25. The van der Waals surface area contributed by atoms with Crippen LogP contribution < -0.4 is 9.46 Å². The van der Waals surface area contributed by atoms with Crippen LogP contribution in [0.15, 0.2) is 29.4 Å². The quantitative estimate of drug-likeness (QED) is 0.679. The number of sulfonamides is 1. The molecule has 0 atom stereocenters. The minimum atomic E-state index is -3.61. The Morgan fingerprint density at radius 3 is 2.77 bits per heavy atom. The summed E-state index contributed by atoms with van der Waals surface area (Å²) in [6, 6.07) is 4.48. The van der Waals surface area contributed by atoms with Gasteiger partial charge in [-0.25, -0.2) is 13.1 Å². The zero-order valence-corrected chi connectivity index (χ0v) is 13.1. The number of tetrazole rings is 1. The summed E-state index contributed by atoms with van der Waals surface area (Å²) < 4.78 is 38.4. The molecule has 0 aliphatic heterocycles. The summed E-state index contributed by atoms with van der Waals surface area (Å²) in [5.74, 6) is 0.354. The number of ether oxygens (including phenoxy) is 2. The van der Waals surface area contributed by atoms with Gasteiger partial charge in [0, 0.05) is 26.3 Å². The van der Waals surface area contributed by atoms with Gasteiger partial charge in [-0.15, -0.1) is 5.10 Å². The Kier molecular flexibility index (Phi) is 5.41. The van der Waals surface area contributed by atoms with Crippen molar-refractivity contribution in [2.75, 3.05) is 27.4 Å². The summed E-state index contributed by atoms with van der Waals surface area (Å²) in [6.07, 6.45) is 1.99. The zero-order chi connectivity index (χ0) is 16.0. The van der Waals surface area contributed by atoms with E-state index in [-0.39, 0.29) is 4.90 Å². The third-order valence-electron chi connectivity index (χ3n) is 2.87. The van der Waals surface area contributed by atoms with Gasteiger partial charge in [0.15, 0.2) is 0 Å². The molecule has 1 heterocycles. The first-order valence-electron chi connectivity index (χ1n) is 6.48. The molecule has 120 valence electrons. The van der Waals surface area contributed by atoms with Gasteiger partial charge in [-0.2, -0.15) is 4.68 Å². The van der Waals surface area contributed by atoms with Gasteiger partial charge in [-0.1, -0.05) is 0 Å². The van der Waals surface area contributed by atoms with Crippen LogP contribution >= 0.6 is 0 Å². The topological polar surface area (TPSA) is 108 Å². The molecule has 0 radical (unpaired) electrons. The van der Waals surface area contributed by atoms with Crippen molar-refractivity contribution in [2.24, 2.45) is 0 Å². The molecule has 0 unspecified atom stereocenters. The number of nitrogens with one attached hydrogen (secondary N) is 1. The average Bonchev–Trinajstić information content (AvgIpc) is 3.05. The molecule has 10 heteroatoms. The van der Waals surface area contributed by atoms with E-state index in [1.165, 1.54) is 30.3 Å². The van der Waals surface area contributed by atoms with Gasteiger partial charge in [0.2, 0.25) is 10.0 Å². The first-order chi connectivity index (χ1) is 10.6. The summed E-state index contributed by atoms with van der Waals surface area (Å²) in [6.45, 7) is 0.789. The molecule has 0 amide bonds. The van der Waals surface area contributed by atoms with Crippen LogP contribution in [-0.2, 0) is 14.8 Å². The molecule has 2 aromatic rings. The molecule has 0 spiro atoms. The van der Waals surface area contributed by atoms with Crippen molar-refractivity contribution in [3.63, 3.8) is 0 Å². The lowest BCUT2D eigenvalue weighted by molar-refractivity contribution is 0.196. The van der Waals surface area contributed by atoms with Gasteiger partial charge in [0.05, 0.1) is 12.0 Å². The van der Waals surface area contributed by atoms with E-state index in [4.69, 9.17) is 9.47 Å². The van der Waals surface area contributed by atoms with Crippen LogP contribution in [0.25, 0.3) is 5.69 Å². The van der Waals surface area contributed by atoms with Gasteiger partial charge in [-0.3, -0.25) is 0 Å². The first kappa shape index (κ1) is 16.3. The van der Waals surface area contributed by atoms with E-state index in [1.54, 1.807) is 13.2 Å². The van der Waals surface area contributed by atoms with Crippen molar-refractivity contribution in [3.05, 3.63) is 24.5 Å². The van der Waals surface area contributed by atoms with E-state index >= 15 is 0 Å².